The number of nitrogens with one attached hydrogen (secondary N) is 1. The van der Waals surface area contributed by atoms with Crippen LogP contribution in [0.5, 0.6) is 0 Å². The Balaban J connectivity index is 2.47. The van der Waals surface area contributed by atoms with E-state index < -0.39 is 5.97 Å². The molecule has 0 aromatic carbocycles. The summed E-state index contributed by atoms with van der Waals surface area (Å²) in [4.78, 5) is 22.8. The number of thiophene rings is 1. The van der Waals surface area contributed by atoms with Crippen LogP contribution < -0.4 is 5.32 Å². The Hall–Kier alpha value is -1.66. The predicted molar refractivity (Wildman–Crippen MR) is 73.9 cm³/mol. The van der Waals surface area contributed by atoms with Crippen LogP contribution in [-0.2, 0) is 20.9 Å². The number of aliphatic carboxylic acids is 1. The minimum atomic E-state index is -0.994. The Morgan fingerprint density at radius 1 is 1.53 bits per heavy atom. The van der Waals surface area contributed by atoms with Crippen LogP contribution in [0.2, 0.25) is 0 Å². The molecule has 6 heteroatoms. The first-order valence-corrected chi connectivity index (χ1v) is 6.72. The van der Waals surface area contributed by atoms with E-state index in [-0.39, 0.29) is 18.6 Å². The quantitative estimate of drug-likeness (QED) is 0.749. The zero-order valence-electron chi connectivity index (χ0n) is 10.9. The molecule has 0 aliphatic rings. The number of hydrogen-bond donors (Lipinski definition) is 2. The summed E-state index contributed by atoms with van der Waals surface area (Å²) in [6, 6.07) is 1.82. The van der Waals surface area contributed by atoms with Crippen LogP contribution >= 0.6 is 11.3 Å². The van der Waals surface area contributed by atoms with E-state index in [4.69, 9.17) is 9.84 Å². The molecule has 0 radical (unpaired) electrons. The molecule has 0 bridgehead atoms. The standard InChI is InChI=1S/C13H17NO4S/c1-9(2)18-8-12(15)14-7-11-10(5-6-19-11)3-4-13(16)17/h3-6,9H,7-8H2,1-2H3,(H,14,15)(H,16,17)/b4-3+. The minimum Gasteiger partial charge on any atom is -0.478 e. The molecule has 0 atom stereocenters. The molecular formula is C13H17NO4S. The molecule has 0 unspecified atom stereocenters. The number of carboxylic acid groups (broad SMARTS) is 1. The lowest BCUT2D eigenvalue weighted by Crippen LogP contribution is -2.28. The summed E-state index contributed by atoms with van der Waals surface area (Å²) < 4.78 is 5.18. The summed E-state index contributed by atoms with van der Waals surface area (Å²) in [5, 5.41) is 13.2. The fraction of sp³-hybridized carbons (Fsp3) is 0.385. The zero-order valence-corrected chi connectivity index (χ0v) is 11.7. The van der Waals surface area contributed by atoms with Gasteiger partial charge in [-0.25, -0.2) is 4.79 Å². The Morgan fingerprint density at radius 3 is 2.89 bits per heavy atom. The van der Waals surface area contributed by atoms with Crippen LogP contribution in [0.1, 0.15) is 24.3 Å². The molecule has 5 nitrogen and oxygen atoms in total. The third kappa shape index (κ3) is 6.17. The van der Waals surface area contributed by atoms with Crippen LogP contribution in [0, 0.1) is 0 Å². The molecule has 1 rings (SSSR count). The number of amides is 1. The average molecular weight is 283 g/mol. The van der Waals surface area contributed by atoms with Crippen molar-refractivity contribution >= 4 is 29.3 Å². The van der Waals surface area contributed by atoms with E-state index in [1.54, 1.807) is 0 Å². The summed E-state index contributed by atoms with van der Waals surface area (Å²) in [5.41, 5.74) is 0.803. The van der Waals surface area contributed by atoms with Crippen molar-refractivity contribution in [3.05, 3.63) is 28.0 Å². The van der Waals surface area contributed by atoms with E-state index in [1.165, 1.54) is 17.4 Å². The van der Waals surface area contributed by atoms with E-state index in [0.717, 1.165) is 16.5 Å². The summed E-state index contributed by atoms with van der Waals surface area (Å²) in [6.45, 7) is 4.13. The first-order valence-electron chi connectivity index (χ1n) is 5.84. The van der Waals surface area contributed by atoms with Crippen molar-refractivity contribution in [3.8, 4) is 0 Å². The molecule has 1 aromatic heterocycles. The second-order valence-corrected chi connectivity index (χ2v) is 5.11. The van der Waals surface area contributed by atoms with Crippen molar-refractivity contribution < 1.29 is 19.4 Å². The van der Waals surface area contributed by atoms with E-state index in [1.807, 2.05) is 25.3 Å². The van der Waals surface area contributed by atoms with E-state index in [2.05, 4.69) is 5.32 Å². The SMILES string of the molecule is CC(C)OCC(=O)NCc1sccc1/C=C/C(=O)O. The van der Waals surface area contributed by atoms with Crippen molar-refractivity contribution in [2.24, 2.45) is 0 Å². The highest BCUT2D eigenvalue weighted by atomic mass is 32.1. The van der Waals surface area contributed by atoms with Gasteiger partial charge in [0.25, 0.3) is 0 Å². The third-order valence-corrected chi connectivity index (χ3v) is 3.12. The molecule has 1 heterocycles. The molecule has 1 amide bonds. The molecule has 0 saturated heterocycles. The highest BCUT2D eigenvalue weighted by Crippen LogP contribution is 2.18. The molecule has 0 spiro atoms. The zero-order chi connectivity index (χ0) is 14.3. The first-order chi connectivity index (χ1) is 8.99. The maximum absolute atomic E-state index is 11.5. The minimum absolute atomic E-state index is 0.0153. The van der Waals surface area contributed by atoms with Gasteiger partial charge in [-0.15, -0.1) is 11.3 Å². The van der Waals surface area contributed by atoms with Gasteiger partial charge < -0.3 is 15.2 Å². The Morgan fingerprint density at radius 2 is 2.26 bits per heavy atom. The van der Waals surface area contributed by atoms with Crippen LogP contribution in [-0.4, -0.2) is 29.7 Å². The van der Waals surface area contributed by atoms with E-state index >= 15 is 0 Å². The Kier molecular flexibility index (Phi) is 6.24. The normalized spacial score (nSPS) is 11.1. The molecule has 1 aromatic rings. The number of carbonyl (C=O) groups excluding carboxylic acids is 1. The predicted octanol–water partition coefficient (Wildman–Crippen LogP) is 1.89. The Bertz CT molecular complexity index is 465. The smallest absolute Gasteiger partial charge is 0.328 e. The van der Waals surface area contributed by atoms with Gasteiger partial charge in [0.2, 0.25) is 5.91 Å². The van der Waals surface area contributed by atoms with Gasteiger partial charge in [0.05, 0.1) is 12.6 Å². The van der Waals surface area contributed by atoms with Crippen molar-refractivity contribution in [3.63, 3.8) is 0 Å². The lowest BCUT2D eigenvalue weighted by molar-refractivity contribution is -0.131. The van der Waals surface area contributed by atoms with Crippen molar-refractivity contribution in [2.75, 3.05) is 6.61 Å². The largest absolute Gasteiger partial charge is 0.478 e. The van der Waals surface area contributed by atoms with Gasteiger partial charge in [-0.3, -0.25) is 4.79 Å². The maximum atomic E-state index is 11.5. The molecule has 0 aliphatic carbocycles. The summed E-state index contributed by atoms with van der Waals surface area (Å²) in [7, 11) is 0. The van der Waals surface area contributed by atoms with Crippen LogP contribution in [0.3, 0.4) is 0 Å². The van der Waals surface area contributed by atoms with Gasteiger partial charge in [0.15, 0.2) is 0 Å². The van der Waals surface area contributed by atoms with Gasteiger partial charge in [-0.1, -0.05) is 0 Å². The third-order valence-electron chi connectivity index (χ3n) is 2.18. The lowest BCUT2D eigenvalue weighted by atomic mass is 10.2. The highest BCUT2D eigenvalue weighted by molar-refractivity contribution is 7.10. The van der Waals surface area contributed by atoms with Gasteiger partial charge in [0.1, 0.15) is 6.61 Å². The number of carboxylic acids is 1. The fourth-order valence-corrected chi connectivity index (χ4v) is 2.08. The summed E-state index contributed by atoms with van der Waals surface area (Å²) >= 11 is 1.47. The van der Waals surface area contributed by atoms with E-state index in [0.29, 0.717) is 6.54 Å². The number of rotatable bonds is 7. The van der Waals surface area contributed by atoms with Crippen molar-refractivity contribution in [1.82, 2.24) is 5.32 Å². The maximum Gasteiger partial charge on any atom is 0.328 e. The number of carbonyl (C=O) groups is 2. The average Bonchev–Trinajstić information content (AvgIpc) is 2.78. The number of hydrogen-bond acceptors (Lipinski definition) is 4. The highest BCUT2D eigenvalue weighted by Gasteiger charge is 2.06. The molecule has 19 heavy (non-hydrogen) atoms. The van der Waals surface area contributed by atoms with Crippen molar-refractivity contribution in [1.29, 1.82) is 0 Å². The van der Waals surface area contributed by atoms with Gasteiger partial charge in [-0.05, 0) is 36.9 Å². The van der Waals surface area contributed by atoms with Gasteiger partial charge in [0, 0.05) is 11.0 Å². The number of ether oxygens (including phenoxy) is 1. The van der Waals surface area contributed by atoms with Crippen LogP contribution in [0.15, 0.2) is 17.5 Å². The van der Waals surface area contributed by atoms with Crippen molar-refractivity contribution in [2.45, 2.75) is 26.5 Å². The lowest BCUT2D eigenvalue weighted by Gasteiger charge is -2.08. The second-order valence-electron chi connectivity index (χ2n) is 4.11. The molecule has 104 valence electrons. The van der Waals surface area contributed by atoms with Gasteiger partial charge in [-0.2, -0.15) is 0 Å². The van der Waals surface area contributed by atoms with Gasteiger partial charge >= 0.3 is 5.97 Å². The fourth-order valence-electron chi connectivity index (χ4n) is 1.28. The summed E-state index contributed by atoms with van der Waals surface area (Å²) in [5.74, 6) is -1.18. The Labute approximate surface area is 115 Å². The molecule has 0 aliphatic heterocycles. The monoisotopic (exact) mass is 283 g/mol. The second kappa shape index (κ2) is 7.70. The summed E-state index contributed by atoms with van der Waals surface area (Å²) in [6.07, 6.45) is 2.61. The van der Waals surface area contributed by atoms with Crippen LogP contribution in [0.25, 0.3) is 6.08 Å². The topological polar surface area (TPSA) is 75.6 Å². The van der Waals surface area contributed by atoms with E-state index in [9.17, 15) is 9.59 Å². The molecule has 0 fully saturated rings. The first kappa shape index (κ1) is 15.4. The van der Waals surface area contributed by atoms with Crippen LogP contribution in [0.4, 0.5) is 0 Å². The molecule has 2 N–H and O–H groups in total. The molecule has 0 saturated carbocycles. The molecular weight excluding hydrogens is 266 g/mol.